The van der Waals surface area contributed by atoms with E-state index in [1.165, 1.54) is 5.56 Å². The molecule has 0 amide bonds. The van der Waals surface area contributed by atoms with E-state index in [1.807, 2.05) is 6.07 Å². The molecule has 0 spiro atoms. The van der Waals surface area contributed by atoms with Gasteiger partial charge in [0.15, 0.2) is 11.5 Å². The molecule has 40 heavy (non-hydrogen) atoms. The quantitative estimate of drug-likeness (QED) is 0.335. The highest BCUT2D eigenvalue weighted by molar-refractivity contribution is 5.43. The van der Waals surface area contributed by atoms with Crippen LogP contribution in [0.5, 0.6) is 11.5 Å². The fraction of sp³-hybridized carbons (Fsp3) is 0.793. The minimum atomic E-state index is -0.260. The van der Waals surface area contributed by atoms with Gasteiger partial charge in [-0.2, -0.15) is 0 Å². The molecule has 2 aliphatic rings. The SMILES string of the molecule is CC1(N)CNCCNCC(C)(Cc2ccc3c(c2)OCCOCCOCCOCCOCCO3)CNCCNC1. The van der Waals surface area contributed by atoms with Gasteiger partial charge in [-0.1, -0.05) is 13.0 Å². The number of hydrogen-bond donors (Lipinski definition) is 5. The smallest absolute Gasteiger partial charge is 0.161 e. The minimum Gasteiger partial charge on any atom is -0.487 e. The first-order chi connectivity index (χ1) is 19.5. The Morgan fingerprint density at radius 2 is 1.02 bits per heavy atom. The first-order valence-corrected chi connectivity index (χ1v) is 14.8. The van der Waals surface area contributed by atoms with Crippen LogP contribution in [-0.2, 0) is 25.4 Å². The summed E-state index contributed by atoms with van der Waals surface area (Å²) < 4.78 is 34.5. The molecule has 2 aliphatic heterocycles. The molecule has 1 fully saturated rings. The molecule has 11 nitrogen and oxygen atoms in total. The molecule has 1 saturated heterocycles. The zero-order valence-corrected chi connectivity index (χ0v) is 24.7. The number of rotatable bonds is 2. The van der Waals surface area contributed by atoms with Crippen molar-refractivity contribution >= 4 is 0 Å². The molecular formula is C29H53N5O6. The molecule has 11 heteroatoms. The number of fused-ring (bicyclic) bond motifs is 1. The van der Waals surface area contributed by atoms with Crippen LogP contribution in [0.3, 0.4) is 0 Å². The highest BCUT2D eigenvalue weighted by atomic mass is 16.6. The highest BCUT2D eigenvalue weighted by Gasteiger charge is 2.25. The van der Waals surface area contributed by atoms with Crippen molar-refractivity contribution in [3.05, 3.63) is 23.8 Å². The van der Waals surface area contributed by atoms with Gasteiger partial charge in [-0.3, -0.25) is 0 Å². The number of benzene rings is 1. The maximum Gasteiger partial charge on any atom is 0.161 e. The summed E-state index contributed by atoms with van der Waals surface area (Å²) in [6.45, 7) is 16.3. The van der Waals surface area contributed by atoms with E-state index in [9.17, 15) is 0 Å². The molecule has 2 heterocycles. The van der Waals surface area contributed by atoms with Gasteiger partial charge in [-0.15, -0.1) is 0 Å². The van der Waals surface area contributed by atoms with Crippen molar-refractivity contribution in [1.82, 2.24) is 21.3 Å². The third-order valence-corrected chi connectivity index (χ3v) is 6.84. The summed E-state index contributed by atoms with van der Waals surface area (Å²) in [7, 11) is 0. The summed E-state index contributed by atoms with van der Waals surface area (Å²) >= 11 is 0. The molecule has 230 valence electrons. The second kappa shape index (κ2) is 18.8. The number of nitrogens with one attached hydrogen (secondary N) is 4. The maximum atomic E-state index is 6.38. The van der Waals surface area contributed by atoms with Crippen LogP contribution in [0, 0.1) is 5.41 Å². The molecule has 3 rings (SSSR count). The van der Waals surface area contributed by atoms with Crippen molar-refractivity contribution in [2.24, 2.45) is 11.1 Å². The van der Waals surface area contributed by atoms with Gasteiger partial charge in [0, 0.05) is 57.9 Å². The average molecular weight is 568 g/mol. The topological polar surface area (TPSA) is 130 Å². The third-order valence-electron chi connectivity index (χ3n) is 6.84. The summed E-state index contributed by atoms with van der Waals surface area (Å²) in [4.78, 5) is 0. The monoisotopic (exact) mass is 567 g/mol. The Bertz CT molecular complexity index is 797. The molecule has 0 aliphatic carbocycles. The predicted molar refractivity (Wildman–Crippen MR) is 157 cm³/mol. The van der Waals surface area contributed by atoms with Crippen molar-refractivity contribution in [1.29, 1.82) is 0 Å². The van der Waals surface area contributed by atoms with E-state index < -0.39 is 0 Å². The number of hydrogen-bond acceptors (Lipinski definition) is 11. The lowest BCUT2D eigenvalue weighted by atomic mass is 9.83. The summed E-state index contributed by atoms with van der Waals surface area (Å²) in [5, 5.41) is 14.3. The van der Waals surface area contributed by atoms with Gasteiger partial charge < -0.3 is 55.4 Å². The van der Waals surface area contributed by atoms with Crippen LogP contribution in [0.2, 0.25) is 0 Å². The zero-order chi connectivity index (χ0) is 28.4. The van der Waals surface area contributed by atoms with Crippen LogP contribution in [0.4, 0.5) is 0 Å². The van der Waals surface area contributed by atoms with E-state index in [2.05, 4.69) is 47.2 Å². The van der Waals surface area contributed by atoms with Crippen molar-refractivity contribution in [2.75, 3.05) is 118 Å². The zero-order valence-electron chi connectivity index (χ0n) is 24.7. The van der Waals surface area contributed by atoms with E-state index in [1.54, 1.807) is 0 Å². The first-order valence-electron chi connectivity index (χ1n) is 14.8. The first kappa shape index (κ1) is 33.0. The number of ether oxygens (including phenoxy) is 6. The summed E-state index contributed by atoms with van der Waals surface area (Å²) in [6, 6.07) is 6.25. The normalized spacial score (nSPS) is 28.5. The lowest BCUT2D eigenvalue weighted by Crippen LogP contribution is -2.55. The van der Waals surface area contributed by atoms with Crippen molar-refractivity contribution in [3.63, 3.8) is 0 Å². The van der Waals surface area contributed by atoms with Crippen molar-refractivity contribution in [2.45, 2.75) is 25.8 Å². The van der Waals surface area contributed by atoms with Gasteiger partial charge in [0.25, 0.3) is 0 Å². The lowest BCUT2D eigenvalue weighted by Gasteiger charge is -2.32. The van der Waals surface area contributed by atoms with Gasteiger partial charge in [-0.25, -0.2) is 0 Å². The summed E-state index contributed by atoms with van der Waals surface area (Å²) in [6.07, 6.45) is 0.891. The highest BCUT2D eigenvalue weighted by Crippen LogP contribution is 2.31. The maximum absolute atomic E-state index is 6.38. The molecule has 1 aromatic rings. The van der Waals surface area contributed by atoms with Crippen LogP contribution in [0.25, 0.3) is 0 Å². The second-order valence-electron chi connectivity index (χ2n) is 11.3. The van der Waals surface area contributed by atoms with Crippen LogP contribution in [0.1, 0.15) is 19.4 Å². The van der Waals surface area contributed by atoms with Gasteiger partial charge >= 0.3 is 0 Å². The van der Waals surface area contributed by atoms with Crippen molar-refractivity contribution < 1.29 is 28.4 Å². The van der Waals surface area contributed by atoms with E-state index in [0.717, 1.165) is 64.5 Å². The fourth-order valence-corrected chi connectivity index (χ4v) is 4.70. The molecule has 0 bridgehead atoms. The molecule has 0 aromatic heterocycles. The van der Waals surface area contributed by atoms with Crippen LogP contribution in [0.15, 0.2) is 18.2 Å². The largest absolute Gasteiger partial charge is 0.487 e. The lowest BCUT2D eigenvalue weighted by molar-refractivity contribution is -0.00842. The Kier molecular flexibility index (Phi) is 15.5. The Morgan fingerprint density at radius 1 is 0.600 bits per heavy atom. The summed E-state index contributed by atoms with van der Waals surface area (Å²) in [5.74, 6) is 1.44. The Morgan fingerprint density at radius 3 is 1.52 bits per heavy atom. The van der Waals surface area contributed by atoms with Gasteiger partial charge in [0.2, 0.25) is 0 Å². The molecule has 0 unspecified atom stereocenters. The Hall–Kier alpha value is -1.54. The van der Waals surface area contributed by atoms with E-state index >= 15 is 0 Å². The molecular weight excluding hydrogens is 514 g/mol. The van der Waals surface area contributed by atoms with E-state index in [-0.39, 0.29) is 11.0 Å². The predicted octanol–water partition coefficient (Wildman–Crippen LogP) is 0.162. The second-order valence-corrected chi connectivity index (χ2v) is 11.3. The van der Waals surface area contributed by atoms with Gasteiger partial charge in [0.05, 0.1) is 52.9 Å². The van der Waals surface area contributed by atoms with E-state index in [0.29, 0.717) is 71.8 Å². The van der Waals surface area contributed by atoms with Gasteiger partial charge in [-0.05, 0) is 36.5 Å². The number of nitrogens with two attached hydrogens (primary N) is 1. The Balaban J connectivity index is 1.61. The standard InChI is InChI=1S/C29H53N5O6/c1-28(21-31-5-7-33-23-29(2,30)24-34-8-6-32-22-28)20-25-3-4-26-27(19-25)40-18-16-38-14-12-36-10-9-35-11-13-37-15-17-39-26/h3-4,19,31-34H,5-18,20-24,30H2,1-2H3. The van der Waals surface area contributed by atoms with Crippen LogP contribution >= 0.6 is 0 Å². The Labute approximate surface area is 240 Å². The molecule has 0 radical (unpaired) electrons. The van der Waals surface area contributed by atoms with E-state index in [4.69, 9.17) is 34.2 Å². The van der Waals surface area contributed by atoms with Crippen LogP contribution < -0.4 is 36.5 Å². The third kappa shape index (κ3) is 13.9. The fourth-order valence-electron chi connectivity index (χ4n) is 4.70. The minimum absolute atomic E-state index is 0.0101. The van der Waals surface area contributed by atoms with Crippen LogP contribution in [-0.4, -0.2) is 124 Å². The molecule has 1 aromatic carbocycles. The molecule has 0 atom stereocenters. The molecule has 6 N–H and O–H groups in total. The average Bonchev–Trinajstić information content (AvgIpc) is 2.92. The summed E-state index contributed by atoms with van der Waals surface area (Å²) in [5.41, 5.74) is 7.34. The molecule has 0 saturated carbocycles. The van der Waals surface area contributed by atoms with Gasteiger partial charge in [0.1, 0.15) is 13.2 Å². The van der Waals surface area contributed by atoms with Crippen molar-refractivity contribution in [3.8, 4) is 11.5 Å².